The predicted octanol–water partition coefficient (Wildman–Crippen LogP) is 3.39. The number of halogens is 1. The molecule has 1 aromatic heterocycles. The van der Waals surface area contributed by atoms with E-state index in [1.54, 1.807) is 18.3 Å². The van der Waals surface area contributed by atoms with Gasteiger partial charge in [-0.05, 0) is 35.9 Å². The van der Waals surface area contributed by atoms with E-state index >= 15 is 0 Å². The lowest BCUT2D eigenvalue weighted by molar-refractivity contribution is -0.112. The Morgan fingerprint density at radius 3 is 2.85 bits per heavy atom. The van der Waals surface area contributed by atoms with Gasteiger partial charge < -0.3 is 5.32 Å². The number of benzene rings is 1. The van der Waals surface area contributed by atoms with Crippen LogP contribution in [0.3, 0.4) is 0 Å². The molecule has 0 aliphatic heterocycles. The first-order valence-electron chi connectivity index (χ1n) is 5.78. The summed E-state index contributed by atoms with van der Waals surface area (Å²) in [6.45, 7) is 0. The fraction of sp³-hybridized carbons (Fsp3) is 0. The molecule has 1 aromatic carbocycles. The summed E-state index contributed by atoms with van der Waals surface area (Å²) in [4.78, 5) is 15.9. The molecule has 4 nitrogen and oxygen atoms in total. The van der Waals surface area contributed by atoms with Crippen LogP contribution in [-0.2, 0) is 4.79 Å². The van der Waals surface area contributed by atoms with Crippen LogP contribution >= 0.6 is 15.9 Å². The number of hydrogen-bond acceptors (Lipinski definition) is 3. The van der Waals surface area contributed by atoms with Gasteiger partial charge >= 0.3 is 0 Å². The molecule has 0 aliphatic rings. The molecular formula is C15H10BrN3O. The third-order valence-corrected chi connectivity index (χ3v) is 2.94. The van der Waals surface area contributed by atoms with Gasteiger partial charge in [0.15, 0.2) is 0 Å². The SMILES string of the molecule is N#C/C(=C\c1cccc(Br)c1)C(=O)Nc1cccnc1. The van der Waals surface area contributed by atoms with Gasteiger partial charge in [-0.25, -0.2) is 0 Å². The summed E-state index contributed by atoms with van der Waals surface area (Å²) >= 11 is 3.34. The van der Waals surface area contributed by atoms with Crippen LogP contribution in [0.15, 0.2) is 58.8 Å². The van der Waals surface area contributed by atoms with E-state index < -0.39 is 5.91 Å². The van der Waals surface area contributed by atoms with Crippen LogP contribution in [0.25, 0.3) is 6.08 Å². The second kappa shape index (κ2) is 6.64. The first-order valence-corrected chi connectivity index (χ1v) is 6.57. The second-order valence-corrected chi connectivity index (χ2v) is 4.84. The second-order valence-electron chi connectivity index (χ2n) is 3.92. The zero-order valence-electron chi connectivity index (χ0n) is 10.4. The van der Waals surface area contributed by atoms with Crippen LogP contribution in [0.2, 0.25) is 0 Å². The Balaban J connectivity index is 2.20. The number of hydrogen-bond donors (Lipinski definition) is 1. The van der Waals surface area contributed by atoms with E-state index in [0.717, 1.165) is 10.0 Å². The van der Waals surface area contributed by atoms with Gasteiger partial charge in [-0.1, -0.05) is 28.1 Å². The predicted molar refractivity (Wildman–Crippen MR) is 80.6 cm³/mol. The molecule has 0 radical (unpaired) electrons. The van der Waals surface area contributed by atoms with Crippen LogP contribution in [0, 0.1) is 11.3 Å². The number of pyridine rings is 1. The first-order chi connectivity index (χ1) is 9.69. The summed E-state index contributed by atoms with van der Waals surface area (Å²) in [6.07, 6.45) is 4.67. The molecule has 1 N–H and O–H groups in total. The van der Waals surface area contributed by atoms with Crippen molar-refractivity contribution in [3.63, 3.8) is 0 Å². The summed E-state index contributed by atoms with van der Waals surface area (Å²) in [5.74, 6) is -0.458. The highest BCUT2D eigenvalue weighted by Crippen LogP contribution is 2.15. The molecule has 0 fully saturated rings. The van der Waals surface area contributed by atoms with Crippen molar-refractivity contribution >= 4 is 33.6 Å². The summed E-state index contributed by atoms with van der Waals surface area (Å²) in [6, 6.07) is 12.7. The minimum Gasteiger partial charge on any atom is -0.320 e. The van der Waals surface area contributed by atoms with Crippen LogP contribution in [0.5, 0.6) is 0 Å². The van der Waals surface area contributed by atoms with Crippen LogP contribution in [-0.4, -0.2) is 10.9 Å². The van der Waals surface area contributed by atoms with Gasteiger partial charge in [-0.3, -0.25) is 9.78 Å². The fourth-order valence-corrected chi connectivity index (χ4v) is 1.96. The van der Waals surface area contributed by atoms with Crippen molar-refractivity contribution in [1.82, 2.24) is 4.98 Å². The number of aromatic nitrogens is 1. The molecule has 1 amide bonds. The van der Waals surface area contributed by atoms with Gasteiger partial charge in [0.25, 0.3) is 5.91 Å². The molecule has 2 aromatic rings. The Morgan fingerprint density at radius 1 is 1.35 bits per heavy atom. The third kappa shape index (κ3) is 3.77. The maximum absolute atomic E-state index is 12.0. The lowest BCUT2D eigenvalue weighted by Crippen LogP contribution is -2.13. The van der Waals surface area contributed by atoms with Gasteiger partial charge in [0.1, 0.15) is 11.6 Å². The summed E-state index contributed by atoms with van der Waals surface area (Å²) in [5.41, 5.74) is 1.36. The molecule has 0 unspecified atom stereocenters. The number of nitrogens with one attached hydrogen (secondary N) is 1. The van der Waals surface area contributed by atoms with Crippen molar-refractivity contribution in [1.29, 1.82) is 5.26 Å². The number of carbonyl (C=O) groups excluding carboxylic acids is 1. The van der Waals surface area contributed by atoms with Gasteiger partial charge in [-0.2, -0.15) is 5.26 Å². The highest BCUT2D eigenvalue weighted by atomic mass is 79.9. The number of amides is 1. The van der Waals surface area contributed by atoms with E-state index in [2.05, 4.69) is 26.2 Å². The minimum absolute atomic E-state index is 0.0342. The van der Waals surface area contributed by atoms with Crippen molar-refractivity contribution in [2.45, 2.75) is 0 Å². The zero-order chi connectivity index (χ0) is 14.4. The number of carbonyl (C=O) groups is 1. The van der Waals surface area contributed by atoms with Crippen molar-refractivity contribution in [3.05, 3.63) is 64.4 Å². The van der Waals surface area contributed by atoms with E-state index in [-0.39, 0.29) is 5.57 Å². The monoisotopic (exact) mass is 327 g/mol. The van der Waals surface area contributed by atoms with E-state index in [4.69, 9.17) is 5.26 Å². The van der Waals surface area contributed by atoms with Gasteiger partial charge in [0.05, 0.1) is 11.9 Å². The molecule has 20 heavy (non-hydrogen) atoms. The molecule has 2 rings (SSSR count). The lowest BCUT2D eigenvalue weighted by Gasteiger charge is -2.03. The fourth-order valence-electron chi connectivity index (χ4n) is 1.55. The Labute approximate surface area is 124 Å². The molecule has 0 bridgehead atoms. The van der Waals surface area contributed by atoms with Crippen molar-refractivity contribution in [2.24, 2.45) is 0 Å². The summed E-state index contributed by atoms with van der Waals surface area (Å²) in [7, 11) is 0. The van der Waals surface area contributed by atoms with Crippen LogP contribution in [0.1, 0.15) is 5.56 Å². The Bertz CT molecular complexity index is 690. The van der Waals surface area contributed by atoms with Gasteiger partial charge in [0.2, 0.25) is 0 Å². The molecule has 0 saturated carbocycles. The number of nitrogens with zero attached hydrogens (tertiary/aromatic N) is 2. The Morgan fingerprint density at radius 2 is 2.20 bits per heavy atom. The number of nitriles is 1. The average molecular weight is 328 g/mol. The molecule has 0 atom stereocenters. The maximum atomic E-state index is 12.0. The number of anilines is 1. The standard InChI is InChI=1S/C15H10BrN3O/c16-13-4-1-3-11(8-13)7-12(9-17)15(20)19-14-5-2-6-18-10-14/h1-8,10H,(H,19,20)/b12-7+. The quantitative estimate of drug-likeness (QED) is 0.694. The lowest BCUT2D eigenvalue weighted by atomic mass is 10.1. The van der Waals surface area contributed by atoms with Crippen molar-refractivity contribution < 1.29 is 4.79 Å². The Kier molecular flexibility index (Phi) is 4.64. The molecule has 5 heteroatoms. The highest BCUT2D eigenvalue weighted by molar-refractivity contribution is 9.10. The normalized spacial score (nSPS) is 10.7. The maximum Gasteiger partial charge on any atom is 0.266 e. The van der Waals surface area contributed by atoms with Crippen LogP contribution in [0.4, 0.5) is 5.69 Å². The first kappa shape index (κ1) is 14.0. The van der Waals surface area contributed by atoms with E-state index in [0.29, 0.717) is 5.69 Å². The van der Waals surface area contributed by atoms with Crippen LogP contribution < -0.4 is 5.32 Å². The summed E-state index contributed by atoms with van der Waals surface area (Å²) in [5, 5.41) is 11.7. The van der Waals surface area contributed by atoms with E-state index in [1.165, 1.54) is 12.3 Å². The average Bonchev–Trinajstić information content (AvgIpc) is 2.46. The Hall–Kier alpha value is -2.45. The molecular weight excluding hydrogens is 318 g/mol. The van der Waals surface area contributed by atoms with Gasteiger partial charge in [-0.15, -0.1) is 0 Å². The van der Waals surface area contributed by atoms with Crippen molar-refractivity contribution in [3.8, 4) is 6.07 Å². The molecule has 0 saturated heterocycles. The molecule has 0 spiro atoms. The number of rotatable bonds is 3. The molecule has 98 valence electrons. The smallest absolute Gasteiger partial charge is 0.266 e. The van der Waals surface area contributed by atoms with Gasteiger partial charge in [0, 0.05) is 10.7 Å². The largest absolute Gasteiger partial charge is 0.320 e. The van der Waals surface area contributed by atoms with E-state index in [9.17, 15) is 4.79 Å². The highest BCUT2D eigenvalue weighted by Gasteiger charge is 2.09. The zero-order valence-corrected chi connectivity index (χ0v) is 12.0. The molecule has 1 heterocycles. The topological polar surface area (TPSA) is 65.8 Å². The molecule has 0 aliphatic carbocycles. The summed E-state index contributed by atoms with van der Waals surface area (Å²) < 4.78 is 0.885. The van der Waals surface area contributed by atoms with Crippen molar-refractivity contribution in [2.75, 3.05) is 5.32 Å². The third-order valence-electron chi connectivity index (χ3n) is 2.44. The minimum atomic E-state index is -0.458. The van der Waals surface area contributed by atoms with E-state index in [1.807, 2.05) is 30.3 Å².